The van der Waals surface area contributed by atoms with Gasteiger partial charge in [0.05, 0.1) is 6.61 Å². The van der Waals surface area contributed by atoms with Crippen molar-refractivity contribution in [3.8, 4) is 33.4 Å². The van der Waals surface area contributed by atoms with Gasteiger partial charge in [0, 0.05) is 67.0 Å². The molecule has 0 spiro atoms. The molecule has 4 heterocycles. The zero-order chi connectivity index (χ0) is 37.7. The summed E-state index contributed by atoms with van der Waals surface area (Å²) in [6.07, 6.45) is 4.47. The summed E-state index contributed by atoms with van der Waals surface area (Å²) in [5.41, 5.74) is 17.3. The number of halogens is 3. The van der Waals surface area contributed by atoms with Gasteiger partial charge in [0.1, 0.15) is 11.6 Å². The molecular weight excluding hydrogens is 753 g/mol. The van der Waals surface area contributed by atoms with E-state index in [1.165, 1.54) is 0 Å². The van der Waals surface area contributed by atoms with E-state index >= 15 is 0 Å². The number of rotatable bonds is 5. The number of anilines is 3. The summed E-state index contributed by atoms with van der Waals surface area (Å²) in [6.45, 7) is 1.98. The number of fused-ring (bicyclic) bond motifs is 1. The third kappa shape index (κ3) is 10.2. The summed E-state index contributed by atoms with van der Waals surface area (Å²) >= 11 is 23.5. The Hall–Kier alpha value is -5.79. The maximum Gasteiger partial charge on any atom is 0.413 e. The molecule has 0 radical (unpaired) electrons. The van der Waals surface area contributed by atoms with Crippen LogP contribution in [0.5, 0.6) is 0 Å². The Bertz CT molecular complexity index is 2310. The van der Waals surface area contributed by atoms with Crippen molar-refractivity contribution in [1.82, 2.24) is 29.9 Å². The number of nitrogens with one attached hydrogen (secondary N) is 2. The number of ether oxygens (including phenoxy) is 1. The third-order valence-corrected chi connectivity index (χ3v) is 8.43. The zero-order valence-corrected chi connectivity index (χ0v) is 31.2. The van der Waals surface area contributed by atoms with Gasteiger partial charge in [0.2, 0.25) is 5.95 Å². The number of alkyl carbamates (subject to hydrolysis) is 1. The van der Waals surface area contributed by atoms with E-state index in [0.29, 0.717) is 32.4 Å². The van der Waals surface area contributed by atoms with Gasteiger partial charge in [-0.25, -0.2) is 19.3 Å². The second-order valence-electron chi connectivity index (χ2n) is 10.7. The number of nitrogens with zero attached hydrogens (tertiary/aromatic N) is 5. The second kappa shape index (κ2) is 18.6. The van der Waals surface area contributed by atoms with Crippen LogP contribution in [0.1, 0.15) is 6.92 Å². The fraction of sp³-hybridized carbons (Fsp3) is 0.0526. The molecule has 11 nitrogen and oxygen atoms in total. The largest absolute Gasteiger partial charge is 0.450 e. The molecule has 0 saturated carbocycles. The first-order chi connectivity index (χ1) is 25.7. The SMILES string of the molecule is CCOC(=O)NC(=S)Nc1ncccc1-c1ccccc1Cl.Nc1nc2c(-c3ccccc3Cl)cccn2n1.Nc1ncccc1-c1ccccc1Cl. The number of pyridine rings is 3. The predicted octanol–water partition coefficient (Wildman–Crippen LogP) is 9.46. The Morgan fingerprint density at radius 3 is 1.81 bits per heavy atom. The van der Waals surface area contributed by atoms with Crippen molar-refractivity contribution < 1.29 is 9.53 Å². The first kappa shape index (κ1) is 38.4. The minimum Gasteiger partial charge on any atom is -0.450 e. The summed E-state index contributed by atoms with van der Waals surface area (Å²) in [7, 11) is 0. The Labute approximate surface area is 325 Å². The number of carbonyl (C=O) groups is 1. The van der Waals surface area contributed by atoms with E-state index in [-0.39, 0.29) is 17.7 Å². The number of hydrogen-bond acceptors (Lipinski definition) is 9. The zero-order valence-electron chi connectivity index (χ0n) is 28.1. The lowest BCUT2D eigenvalue weighted by atomic mass is 10.1. The van der Waals surface area contributed by atoms with Crippen LogP contribution in [-0.4, -0.2) is 42.4 Å². The molecule has 0 fully saturated rings. The highest BCUT2D eigenvalue weighted by atomic mass is 35.5. The van der Waals surface area contributed by atoms with E-state index in [1.807, 2.05) is 97.1 Å². The van der Waals surface area contributed by atoms with Crippen molar-refractivity contribution >= 4 is 81.5 Å². The minimum atomic E-state index is -0.616. The molecule has 0 atom stereocenters. The molecule has 6 N–H and O–H groups in total. The molecule has 0 bridgehead atoms. The predicted molar refractivity (Wildman–Crippen MR) is 218 cm³/mol. The number of thiocarbonyl (C=S) groups is 1. The monoisotopic (exact) mass is 783 g/mol. The minimum absolute atomic E-state index is 0.102. The van der Waals surface area contributed by atoms with E-state index in [4.69, 9.17) is 63.2 Å². The number of amides is 1. The smallest absolute Gasteiger partial charge is 0.413 e. The van der Waals surface area contributed by atoms with E-state index < -0.39 is 6.09 Å². The first-order valence-electron chi connectivity index (χ1n) is 15.9. The quantitative estimate of drug-likeness (QED) is 0.124. The molecule has 0 saturated heterocycles. The van der Waals surface area contributed by atoms with Crippen LogP contribution >= 0.6 is 47.0 Å². The van der Waals surface area contributed by atoms with Crippen LogP contribution in [0.2, 0.25) is 15.1 Å². The Morgan fingerprint density at radius 1 is 0.717 bits per heavy atom. The second-order valence-corrected chi connectivity index (χ2v) is 12.4. The number of carbonyl (C=O) groups excluding carboxylic acids is 1. The van der Waals surface area contributed by atoms with Gasteiger partial charge < -0.3 is 21.5 Å². The maximum atomic E-state index is 11.4. The van der Waals surface area contributed by atoms with Crippen LogP contribution in [0.4, 0.5) is 22.4 Å². The molecule has 15 heteroatoms. The Balaban J connectivity index is 0.000000157. The van der Waals surface area contributed by atoms with E-state index in [1.54, 1.807) is 42.2 Å². The number of hydrogen-bond donors (Lipinski definition) is 4. The fourth-order valence-corrected chi connectivity index (χ4v) is 5.83. The van der Waals surface area contributed by atoms with Crippen molar-refractivity contribution in [2.24, 2.45) is 0 Å². The Morgan fingerprint density at radius 2 is 1.23 bits per heavy atom. The van der Waals surface area contributed by atoms with Crippen LogP contribution in [0.3, 0.4) is 0 Å². The lowest BCUT2D eigenvalue weighted by Gasteiger charge is -2.13. The van der Waals surface area contributed by atoms with Crippen molar-refractivity contribution in [3.05, 3.63) is 143 Å². The summed E-state index contributed by atoms with van der Waals surface area (Å²) < 4.78 is 6.41. The fourth-order valence-electron chi connectivity index (χ4n) is 4.94. The van der Waals surface area contributed by atoms with Gasteiger partial charge >= 0.3 is 6.09 Å². The molecule has 0 unspecified atom stereocenters. The molecule has 0 aliphatic heterocycles. The standard InChI is InChI=1S/C15H14ClN3O2S.C12H9ClN4.C11H9ClN2/c1-2-21-15(20)19-14(22)18-13-11(7-5-9-17-13)10-6-3-4-8-12(10)16;13-10-6-2-1-4-8(10)9-5-3-7-17-11(9)15-12(14)16-17;12-10-6-2-1-4-8(10)9-5-3-7-14-11(9)13/h3-9H,2H2,1H3,(H2,17,18,19,20,22);1-7H,(H2,14,16);1-7H,(H2,13,14). The average molecular weight is 785 g/mol. The van der Waals surface area contributed by atoms with Gasteiger partial charge in [-0.15, -0.1) is 5.10 Å². The molecule has 53 heavy (non-hydrogen) atoms. The maximum absolute atomic E-state index is 11.4. The highest BCUT2D eigenvalue weighted by Crippen LogP contribution is 2.33. The van der Waals surface area contributed by atoms with Crippen LogP contribution in [0, 0.1) is 0 Å². The third-order valence-electron chi connectivity index (χ3n) is 7.24. The number of nitrogen functional groups attached to an aromatic ring is 2. The van der Waals surface area contributed by atoms with Crippen LogP contribution in [0.15, 0.2) is 128 Å². The lowest BCUT2D eigenvalue weighted by Crippen LogP contribution is -2.34. The molecule has 1 amide bonds. The molecule has 268 valence electrons. The number of aromatic nitrogens is 5. The summed E-state index contributed by atoms with van der Waals surface area (Å²) in [6, 6.07) is 33.9. The van der Waals surface area contributed by atoms with Gasteiger partial charge in [-0.1, -0.05) is 89.4 Å². The van der Waals surface area contributed by atoms with Crippen LogP contribution in [0.25, 0.3) is 39.0 Å². The Kier molecular flexibility index (Phi) is 13.5. The molecular formula is C38H32Cl3N9O2S. The highest BCUT2D eigenvalue weighted by molar-refractivity contribution is 7.80. The average Bonchev–Trinajstić information content (AvgIpc) is 3.54. The summed E-state index contributed by atoms with van der Waals surface area (Å²) in [5, 5.41) is 11.4. The van der Waals surface area contributed by atoms with Crippen molar-refractivity contribution in [3.63, 3.8) is 0 Å². The highest BCUT2D eigenvalue weighted by Gasteiger charge is 2.13. The summed E-state index contributed by atoms with van der Waals surface area (Å²) in [4.78, 5) is 23.8. The molecule has 3 aromatic carbocycles. The van der Waals surface area contributed by atoms with Crippen LogP contribution < -0.4 is 22.1 Å². The van der Waals surface area contributed by atoms with Crippen molar-refractivity contribution in [2.75, 3.05) is 23.4 Å². The molecule has 7 aromatic rings. The molecule has 0 aliphatic rings. The van der Waals surface area contributed by atoms with E-state index in [0.717, 1.165) is 33.4 Å². The van der Waals surface area contributed by atoms with Gasteiger partial charge in [0.15, 0.2) is 10.8 Å². The molecule has 7 rings (SSSR count). The van der Waals surface area contributed by atoms with Crippen molar-refractivity contribution in [1.29, 1.82) is 0 Å². The number of benzene rings is 3. The number of nitrogens with two attached hydrogens (primary N) is 2. The van der Waals surface area contributed by atoms with Gasteiger partial charge in [-0.3, -0.25) is 5.32 Å². The summed E-state index contributed by atoms with van der Waals surface area (Å²) in [5.74, 6) is 1.25. The van der Waals surface area contributed by atoms with Crippen molar-refractivity contribution in [2.45, 2.75) is 6.92 Å². The lowest BCUT2D eigenvalue weighted by molar-refractivity contribution is 0.158. The molecule has 4 aromatic heterocycles. The van der Waals surface area contributed by atoms with Gasteiger partial charge in [0.25, 0.3) is 0 Å². The van der Waals surface area contributed by atoms with E-state index in [2.05, 4.69) is 30.7 Å². The topological polar surface area (TPSA) is 158 Å². The normalized spacial score (nSPS) is 10.3. The van der Waals surface area contributed by atoms with Gasteiger partial charge in [-0.05, 0) is 73.7 Å². The van der Waals surface area contributed by atoms with E-state index in [9.17, 15) is 4.79 Å². The molecule has 0 aliphatic carbocycles. The van der Waals surface area contributed by atoms with Gasteiger partial charge in [-0.2, -0.15) is 4.98 Å². The first-order valence-corrected chi connectivity index (χ1v) is 17.5. The van der Waals surface area contributed by atoms with Crippen LogP contribution in [-0.2, 0) is 4.74 Å².